The normalized spacial score (nSPS) is 18.8. The summed E-state index contributed by atoms with van der Waals surface area (Å²) in [6.45, 7) is 0.941. The zero-order valence-corrected chi connectivity index (χ0v) is 10.1. The van der Waals surface area contributed by atoms with Crippen molar-refractivity contribution in [3.05, 3.63) is 27.3 Å². The molecule has 0 spiro atoms. The molecular weight excluding hydrogens is 244 g/mol. The summed E-state index contributed by atoms with van der Waals surface area (Å²) in [5.41, 5.74) is 3.65. The molecule has 1 aliphatic rings. The third-order valence-electron chi connectivity index (χ3n) is 2.07. The number of amides is 2. The van der Waals surface area contributed by atoms with Gasteiger partial charge in [-0.1, -0.05) is 6.07 Å². The van der Waals surface area contributed by atoms with E-state index < -0.39 is 0 Å². The molecule has 4 nitrogen and oxygen atoms in total. The number of hydrogen-bond donors (Lipinski definition) is 1. The van der Waals surface area contributed by atoms with Crippen LogP contribution >= 0.6 is 23.1 Å². The van der Waals surface area contributed by atoms with Crippen molar-refractivity contribution >= 4 is 40.3 Å². The molecule has 0 aromatic carbocycles. The molecule has 84 valence electrons. The van der Waals surface area contributed by atoms with Crippen molar-refractivity contribution in [1.82, 2.24) is 4.90 Å². The number of carbonyl (C=O) groups is 2. The van der Waals surface area contributed by atoms with E-state index in [4.69, 9.17) is 0 Å². The van der Waals surface area contributed by atoms with E-state index >= 15 is 0 Å². The highest BCUT2D eigenvalue weighted by molar-refractivity contribution is 8.18. The summed E-state index contributed by atoms with van der Waals surface area (Å²) in [7, 11) is 0. The first-order valence-electron chi connectivity index (χ1n) is 4.80. The second-order valence-corrected chi connectivity index (χ2v) is 5.17. The number of hydrogen-bond acceptors (Lipinski definition) is 4. The van der Waals surface area contributed by atoms with Crippen LogP contribution in [-0.2, 0) is 4.79 Å². The highest BCUT2D eigenvalue weighted by Gasteiger charge is 2.34. The van der Waals surface area contributed by atoms with Gasteiger partial charge in [-0.15, -0.1) is 11.3 Å². The summed E-state index contributed by atoms with van der Waals surface area (Å²) in [6.07, 6.45) is 1.76. The van der Waals surface area contributed by atoms with Crippen molar-refractivity contribution in [1.29, 1.82) is 0 Å². The highest BCUT2D eigenvalue weighted by atomic mass is 32.2. The number of nitrogens with zero attached hydrogens (tertiary/aromatic N) is 1. The quantitative estimate of drug-likeness (QED) is 0.820. The molecule has 1 fully saturated rings. The fraction of sp³-hybridized carbons (Fsp3) is 0.200. The Hall–Kier alpha value is -1.11. The smallest absolute Gasteiger partial charge is 0.293 e. The van der Waals surface area contributed by atoms with Crippen LogP contribution in [0, 0.1) is 0 Å². The van der Waals surface area contributed by atoms with Gasteiger partial charge in [0.1, 0.15) is 0 Å². The van der Waals surface area contributed by atoms with Crippen LogP contribution in [0.2, 0.25) is 0 Å². The molecule has 0 atom stereocenters. The molecule has 0 saturated carbocycles. The maximum absolute atomic E-state index is 11.8. The summed E-state index contributed by atoms with van der Waals surface area (Å²) >= 11 is 2.54. The van der Waals surface area contributed by atoms with Gasteiger partial charge in [0.15, 0.2) is 0 Å². The SMILES string of the molecule is [NH3+]CCN1C(=O)S/C(=C\c2cccs2)C1=O. The van der Waals surface area contributed by atoms with E-state index in [0.29, 0.717) is 18.0 Å². The summed E-state index contributed by atoms with van der Waals surface area (Å²) in [4.78, 5) is 26.1. The van der Waals surface area contributed by atoms with Gasteiger partial charge in [-0.25, -0.2) is 0 Å². The monoisotopic (exact) mass is 255 g/mol. The van der Waals surface area contributed by atoms with Crippen LogP contribution in [0.25, 0.3) is 6.08 Å². The summed E-state index contributed by atoms with van der Waals surface area (Å²) in [5, 5.41) is 1.74. The highest BCUT2D eigenvalue weighted by Crippen LogP contribution is 2.32. The molecule has 6 heteroatoms. The number of thiophene rings is 1. The second kappa shape index (κ2) is 4.82. The molecule has 0 unspecified atom stereocenters. The van der Waals surface area contributed by atoms with Gasteiger partial charge >= 0.3 is 0 Å². The van der Waals surface area contributed by atoms with Crippen LogP contribution in [-0.4, -0.2) is 29.1 Å². The van der Waals surface area contributed by atoms with Crippen LogP contribution < -0.4 is 5.73 Å². The summed E-state index contributed by atoms with van der Waals surface area (Å²) < 4.78 is 0. The lowest BCUT2D eigenvalue weighted by Gasteiger charge is -2.07. The van der Waals surface area contributed by atoms with Gasteiger partial charge in [-0.3, -0.25) is 14.5 Å². The molecule has 2 heterocycles. The van der Waals surface area contributed by atoms with Crippen molar-refractivity contribution in [3.63, 3.8) is 0 Å². The number of imide groups is 1. The Morgan fingerprint density at radius 2 is 2.25 bits per heavy atom. The van der Waals surface area contributed by atoms with Crippen LogP contribution in [0.5, 0.6) is 0 Å². The van der Waals surface area contributed by atoms with Crippen molar-refractivity contribution in [3.8, 4) is 0 Å². The molecule has 1 aromatic heterocycles. The van der Waals surface area contributed by atoms with Gasteiger partial charge in [0, 0.05) is 4.88 Å². The average Bonchev–Trinajstić information content (AvgIpc) is 2.84. The first-order chi connectivity index (χ1) is 7.72. The molecule has 2 rings (SSSR count). The van der Waals surface area contributed by atoms with Crippen LogP contribution in [0.1, 0.15) is 4.88 Å². The van der Waals surface area contributed by atoms with Crippen molar-refractivity contribution in [2.24, 2.45) is 0 Å². The van der Waals surface area contributed by atoms with E-state index in [1.807, 2.05) is 17.5 Å². The molecule has 0 aliphatic carbocycles. The lowest BCUT2D eigenvalue weighted by Crippen LogP contribution is -2.55. The average molecular weight is 255 g/mol. The zero-order valence-electron chi connectivity index (χ0n) is 8.51. The Kier molecular flexibility index (Phi) is 3.42. The van der Waals surface area contributed by atoms with E-state index in [2.05, 4.69) is 5.73 Å². The van der Waals surface area contributed by atoms with Gasteiger partial charge in [0.05, 0.1) is 18.0 Å². The minimum Gasteiger partial charge on any atom is -0.356 e. The Bertz CT molecular complexity index is 440. The van der Waals surface area contributed by atoms with Gasteiger partial charge in [-0.2, -0.15) is 0 Å². The van der Waals surface area contributed by atoms with E-state index in [1.54, 1.807) is 17.4 Å². The minimum absolute atomic E-state index is 0.198. The molecule has 2 amide bonds. The molecule has 1 aromatic rings. The van der Waals surface area contributed by atoms with Gasteiger partial charge in [0.2, 0.25) is 0 Å². The fourth-order valence-electron chi connectivity index (χ4n) is 1.35. The second-order valence-electron chi connectivity index (χ2n) is 3.20. The molecule has 1 aliphatic heterocycles. The topological polar surface area (TPSA) is 65.0 Å². The van der Waals surface area contributed by atoms with Crippen LogP contribution in [0.4, 0.5) is 4.79 Å². The molecule has 16 heavy (non-hydrogen) atoms. The number of rotatable bonds is 3. The minimum atomic E-state index is -0.202. The molecular formula is C10H11N2O2S2+. The van der Waals surface area contributed by atoms with Crippen LogP contribution in [0.15, 0.2) is 22.4 Å². The largest absolute Gasteiger partial charge is 0.356 e. The molecule has 0 bridgehead atoms. The third kappa shape index (κ3) is 2.18. The number of thioether (sulfide) groups is 1. The van der Waals surface area contributed by atoms with Gasteiger partial charge < -0.3 is 5.73 Å². The predicted octanol–water partition coefficient (Wildman–Crippen LogP) is 1.03. The van der Waals surface area contributed by atoms with Crippen molar-refractivity contribution in [2.75, 3.05) is 13.1 Å². The van der Waals surface area contributed by atoms with Crippen molar-refractivity contribution < 1.29 is 15.3 Å². The number of quaternary nitrogens is 1. The summed E-state index contributed by atoms with van der Waals surface area (Å²) in [6, 6.07) is 3.83. The predicted molar refractivity (Wildman–Crippen MR) is 64.8 cm³/mol. The molecule has 0 radical (unpaired) electrons. The first-order valence-corrected chi connectivity index (χ1v) is 6.50. The lowest BCUT2D eigenvalue weighted by molar-refractivity contribution is -0.367. The van der Waals surface area contributed by atoms with Crippen LogP contribution in [0.3, 0.4) is 0 Å². The standard InChI is InChI=1S/C10H10N2O2S2/c11-3-4-12-9(13)8(16-10(12)14)6-7-2-1-5-15-7/h1-2,5-6H,3-4,11H2/p+1/b8-6-. The van der Waals surface area contributed by atoms with Gasteiger partial charge in [0.25, 0.3) is 11.1 Å². The van der Waals surface area contributed by atoms with Crippen molar-refractivity contribution in [2.45, 2.75) is 0 Å². The Morgan fingerprint density at radius 1 is 1.44 bits per heavy atom. The molecule has 1 saturated heterocycles. The maximum Gasteiger partial charge on any atom is 0.293 e. The van der Waals surface area contributed by atoms with E-state index in [1.165, 1.54) is 4.90 Å². The zero-order chi connectivity index (χ0) is 11.5. The Labute approximate surface area is 101 Å². The van der Waals surface area contributed by atoms with E-state index in [0.717, 1.165) is 16.6 Å². The molecule has 3 N–H and O–H groups in total. The number of carbonyl (C=O) groups excluding carboxylic acids is 2. The first kappa shape index (κ1) is 11.4. The van der Waals surface area contributed by atoms with Gasteiger partial charge in [-0.05, 0) is 29.3 Å². The van der Waals surface area contributed by atoms with E-state index in [9.17, 15) is 9.59 Å². The Balaban J connectivity index is 2.20. The van der Waals surface area contributed by atoms with E-state index in [-0.39, 0.29) is 11.1 Å². The lowest BCUT2D eigenvalue weighted by atomic mass is 10.3. The maximum atomic E-state index is 11.8. The fourth-order valence-corrected chi connectivity index (χ4v) is 2.94. The summed E-state index contributed by atoms with van der Waals surface area (Å²) in [5.74, 6) is -0.202. The Morgan fingerprint density at radius 3 is 2.88 bits per heavy atom. The third-order valence-corrected chi connectivity index (χ3v) is 3.80.